The molecule has 0 saturated heterocycles. The summed E-state index contributed by atoms with van der Waals surface area (Å²) in [5.74, 6) is 1.79. The third kappa shape index (κ3) is 3.44. The molecule has 0 radical (unpaired) electrons. The molecule has 1 N–H and O–H groups in total. The molecule has 0 spiro atoms. The maximum atomic E-state index is 5.58. The number of hydrogen-bond acceptors (Lipinski definition) is 8. The van der Waals surface area contributed by atoms with Crippen LogP contribution in [0.15, 0.2) is 10.5 Å². The Labute approximate surface area is 114 Å². The van der Waals surface area contributed by atoms with E-state index >= 15 is 0 Å². The molecule has 2 aromatic heterocycles. The minimum atomic E-state index is 0.176. The molecular weight excluding hydrogens is 274 g/mol. The van der Waals surface area contributed by atoms with Gasteiger partial charge >= 0.3 is 6.01 Å². The van der Waals surface area contributed by atoms with Crippen molar-refractivity contribution in [3.05, 3.63) is 12.0 Å². The summed E-state index contributed by atoms with van der Waals surface area (Å²) in [5.41, 5.74) is 0. The van der Waals surface area contributed by atoms with Gasteiger partial charge in [-0.3, -0.25) is 5.32 Å². The fourth-order valence-corrected chi connectivity index (χ4v) is 1.41. The molecule has 0 bridgehead atoms. The van der Waals surface area contributed by atoms with Gasteiger partial charge in [0, 0.05) is 12.3 Å². The Hall–Kier alpha value is -2.09. The monoisotopic (exact) mass is 285 g/mol. The summed E-state index contributed by atoms with van der Waals surface area (Å²) in [6.07, 6.45) is 0.499. The van der Waals surface area contributed by atoms with Gasteiger partial charge in [0.15, 0.2) is 0 Å². The van der Waals surface area contributed by atoms with Gasteiger partial charge in [-0.2, -0.15) is 9.97 Å². The van der Waals surface area contributed by atoms with Gasteiger partial charge in [0.2, 0.25) is 23.6 Å². The van der Waals surface area contributed by atoms with Crippen molar-refractivity contribution in [3.8, 4) is 11.8 Å². The molecular formula is C10H12ClN5O3. The number of aromatic nitrogens is 4. The highest BCUT2D eigenvalue weighted by Crippen LogP contribution is 2.19. The van der Waals surface area contributed by atoms with Crippen LogP contribution in [-0.2, 0) is 6.42 Å². The number of nitrogens with zero attached hydrogens (tertiary/aromatic N) is 4. The number of rotatable bonds is 6. The summed E-state index contributed by atoms with van der Waals surface area (Å²) in [7, 11) is 2.99. The Bertz CT molecular complexity index is 525. The van der Waals surface area contributed by atoms with Gasteiger partial charge in [-0.25, -0.2) is 0 Å². The molecule has 0 aliphatic rings. The Morgan fingerprint density at radius 3 is 2.47 bits per heavy atom. The van der Waals surface area contributed by atoms with Gasteiger partial charge < -0.3 is 13.9 Å². The zero-order valence-corrected chi connectivity index (χ0v) is 11.1. The quantitative estimate of drug-likeness (QED) is 0.796. The molecule has 0 aromatic carbocycles. The van der Waals surface area contributed by atoms with Crippen LogP contribution in [0.25, 0.3) is 0 Å². The van der Waals surface area contributed by atoms with Crippen molar-refractivity contribution in [3.63, 3.8) is 0 Å². The van der Waals surface area contributed by atoms with Crippen LogP contribution in [-0.4, -0.2) is 40.3 Å². The molecule has 0 amide bonds. The fraction of sp³-hybridized carbons (Fsp3) is 0.400. The van der Waals surface area contributed by atoms with Gasteiger partial charge in [-0.15, -0.1) is 16.7 Å². The van der Waals surface area contributed by atoms with Gasteiger partial charge in [-0.1, -0.05) is 5.10 Å². The normalized spacial score (nSPS) is 10.3. The molecule has 2 aromatic rings. The average molecular weight is 286 g/mol. The van der Waals surface area contributed by atoms with Gasteiger partial charge in [0.1, 0.15) is 0 Å². The van der Waals surface area contributed by atoms with Crippen LogP contribution < -0.4 is 14.8 Å². The molecule has 9 heteroatoms. The first-order chi connectivity index (χ1) is 9.25. The van der Waals surface area contributed by atoms with Crippen LogP contribution in [0.3, 0.4) is 0 Å². The smallest absolute Gasteiger partial charge is 0.322 e. The van der Waals surface area contributed by atoms with Gasteiger partial charge in [-0.05, 0) is 0 Å². The van der Waals surface area contributed by atoms with E-state index in [9.17, 15) is 0 Å². The van der Waals surface area contributed by atoms with E-state index in [2.05, 4.69) is 25.5 Å². The lowest BCUT2D eigenvalue weighted by Gasteiger charge is -2.05. The van der Waals surface area contributed by atoms with E-state index in [1.807, 2.05) is 0 Å². The van der Waals surface area contributed by atoms with Crippen LogP contribution in [0.2, 0.25) is 0 Å². The maximum absolute atomic E-state index is 5.58. The maximum Gasteiger partial charge on any atom is 0.322 e. The van der Waals surface area contributed by atoms with Gasteiger partial charge in [0.25, 0.3) is 0 Å². The summed E-state index contributed by atoms with van der Waals surface area (Å²) >= 11 is 5.58. The molecule has 2 heterocycles. The minimum absolute atomic E-state index is 0.176. The number of aryl methyl sites for hydroxylation is 1. The van der Waals surface area contributed by atoms with E-state index < -0.39 is 0 Å². The lowest BCUT2D eigenvalue weighted by atomic mass is 10.5. The molecule has 0 aliphatic carbocycles. The molecule has 19 heavy (non-hydrogen) atoms. The number of anilines is 2. The molecule has 0 unspecified atom stereocenters. The zero-order chi connectivity index (χ0) is 13.7. The van der Waals surface area contributed by atoms with E-state index in [1.165, 1.54) is 14.2 Å². The number of ether oxygens (including phenoxy) is 2. The molecule has 2 rings (SSSR count). The highest BCUT2D eigenvalue weighted by atomic mass is 35.5. The van der Waals surface area contributed by atoms with Crippen molar-refractivity contribution >= 4 is 23.6 Å². The molecule has 0 atom stereocenters. The zero-order valence-electron chi connectivity index (χ0n) is 10.4. The van der Waals surface area contributed by atoms with Gasteiger partial charge in [0.05, 0.1) is 20.3 Å². The van der Waals surface area contributed by atoms with E-state index in [0.717, 1.165) is 0 Å². The van der Waals surface area contributed by atoms with E-state index in [0.29, 0.717) is 30.0 Å². The Balaban J connectivity index is 2.16. The minimum Gasteiger partial charge on any atom is -0.481 e. The van der Waals surface area contributed by atoms with Crippen molar-refractivity contribution < 1.29 is 13.9 Å². The standard InChI is InChI=1S/C10H12ClN5O3/c1-17-7-5-8(18-2)13-9(12-7)14-10-16-15-6(19-10)3-4-11/h5H,3-4H2,1-2H3,(H,12,13,14,16). The average Bonchev–Trinajstić information content (AvgIpc) is 2.86. The number of nitrogens with one attached hydrogen (secondary N) is 1. The second-order valence-electron chi connectivity index (χ2n) is 3.34. The third-order valence-electron chi connectivity index (χ3n) is 2.09. The van der Waals surface area contributed by atoms with Crippen LogP contribution >= 0.6 is 11.6 Å². The van der Waals surface area contributed by atoms with Crippen molar-refractivity contribution in [2.45, 2.75) is 6.42 Å². The first-order valence-electron chi connectivity index (χ1n) is 5.37. The summed E-state index contributed by atoms with van der Waals surface area (Å²) in [5, 5.41) is 10.4. The molecule has 8 nitrogen and oxygen atoms in total. The Kier molecular flexibility index (Phi) is 4.35. The Morgan fingerprint density at radius 2 is 1.89 bits per heavy atom. The first-order valence-corrected chi connectivity index (χ1v) is 5.91. The summed E-state index contributed by atoms with van der Waals surface area (Å²) in [6, 6.07) is 1.73. The number of methoxy groups -OCH3 is 2. The van der Waals surface area contributed by atoms with Crippen LogP contribution in [0.4, 0.5) is 12.0 Å². The summed E-state index contributed by atoms with van der Waals surface area (Å²) < 4.78 is 15.3. The van der Waals surface area contributed by atoms with Crippen molar-refractivity contribution in [2.75, 3.05) is 25.4 Å². The Morgan fingerprint density at radius 1 is 1.21 bits per heavy atom. The topological polar surface area (TPSA) is 95.2 Å². The largest absolute Gasteiger partial charge is 0.481 e. The van der Waals surface area contributed by atoms with E-state index in [1.54, 1.807) is 6.07 Å². The first kappa shape index (κ1) is 13.3. The number of alkyl halides is 1. The predicted molar refractivity (Wildman–Crippen MR) is 67.1 cm³/mol. The summed E-state index contributed by atoms with van der Waals surface area (Å²) in [4.78, 5) is 8.14. The SMILES string of the molecule is COc1cc(OC)nc(Nc2nnc(CCCl)o2)n1. The molecule has 102 valence electrons. The highest BCUT2D eigenvalue weighted by molar-refractivity contribution is 6.17. The van der Waals surface area contributed by atoms with Crippen molar-refractivity contribution in [2.24, 2.45) is 0 Å². The molecule has 0 saturated carbocycles. The van der Waals surface area contributed by atoms with Crippen molar-refractivity contribution in [1.82, 2.24) is 20.2 Å². The predicted octanol–water partition coefficient (Wildman–Crippen LogP) is 1.40. The number of hydrogen-bond donors (Lipinski definition) is 1. The van der Waals surface area contributed by atoms with Crippen LogP contribution in [0.1, 0.15) is 5.89 Å². The molecule has 0 aliphatic heterocycles. The summed E-state index contributed by atoms with van der Waals surface area (Å²) in [6.45, 7) is 0. The second kappa shape index (κ2) is 6.19. The van der Waals surface area contributed by atoms with E-state index in [-0.39, 0.29) is 12.0 Å². The lowest BCUT2D eigenvalue weighted by molar-refractivity contribution is 0.373. The van der Waals surface area contributed by atoms with Crippen LogP contribution in [0, 0.1) is 0 Å². The van der Waals surface area contributed by atoms with Crippen molar-refractivity contribution in [1.29, 1.82) is 0 Å². The van der Waals surface area contributed by atoms with E-state index in [4.69, 9.17) is 25.5 Å². The second-order valence-corrected chi connectivity index (χ2v) is 3.72. The fourth-order valence-electron chi connectivity index (χ4n) is 1.25. The third-order valence-corrected chi connectivity index (χ3v) is 2.28. The molecule has 0 fully saturated rings. The highest BCUT2D eigenvalue weighted by Gasteiger charge is 2.10. The lowest BCUT2D eigenvalue weighted by Crippen LogP contribution is -2.01. The van der Waals surface area contributed by atoms with Crippen LogP contribution in [0.5, 0.6) is 11.8 Å². The number of halogens is 1.